The highest BCUT2D eigenvalue weighted by Crippen LogP contribution is 2.40. The molecule has 0 spiro atoms. The van der Waals surface area contributed by atoms with Crippen LogP contribution in [0.5, 0.6) is 17.4 Å². The summed E-state index contributed by atoms with van der Waals surface area (Å²) >= 11 is 0. The van der Waals surface area contributed by atoms with Gasteiger partial charge in [0.2, 0.25) is 5.88 Å². The van der Waals surface area contributed by atoms with Crippen molar-refractivity contribution in [3.63, 3.8) is 0 Å². The van der Waals surface area contributed by atoms with Gasteiger partial charge < -0.3 is 14.2 Å². The van der Waals surface area contributed by atoms with Gasteiger partial charge in [-0.2, -0.15) is 0 Å². The fraction of sp³-hybridized carbons (Fsp3) is 0.320. The maximum absolute atomic E-state index is 11.7. The normalized spacial score (nSPS) is 12.7. The monoisotopic (exact) mass is 418 g/mol. The van der Waals surface area contributed by atoms with Crippen molar-refractivity contribution in [1.82, 2.24) is 9.97 Å². The lowest BCUT2D eigenvalue weighted by atomic mass is 9.91. The van der Waals surface area contributed by atoms with E-state index in [9.17, 15) is 4.79 Å². The van der Waals surface area contributed by atoms with Crippen LogP contribution in [0.15, 0.2) is 42.6 Å². The third-order valence-electron chi connectivity index (χ3n) is 5.40. The standard InChI is InChI=1S/C25H26N2O4/c1-4-30-24-20-10-5-6-11-21(20)27-16(2)23(24)18-12-13-22(26-15-18)31-19-9-7-8-17(14-19)25(28)29-3/h7-9,12-15H,4-6,10-11H2,1-3H3. The Bertz CT molecular complexity index is 1090. The van der Waals surface area contributed by atoms with Crippen LogP contribution in [0.4, 0.5) is 0 Å². The minimum Gasteiger partial charge on any atom is -0.493 e. The van der Waals surface area contributed by atoms with Gasteiger partial charge in [0.1, 0.15) is 11.5 Å². The Labute approximate surface area is 182 Å². The molecule has 1 aliphatic rings. The minimum absolute atomic E-state index is 0.410. The average Bonchev–Trinajstić information content (AvgIpc) is 2.80. The Kier molecular flexibility index (Phi) is 6.16. The molecular weight excluding hydrogens is 392 g/mol. The van der Waals surface area contributed by atoms with Crippen molar-refractivity contribution in [1.29, 1.82) is 0 Å². The molecule has 2 heterocycles. The lowest BCUT2D eigenvalue weighted by Gasteiger charge is -2.23. The Hall–Kier alpha value is -3.41. The molecule has 0 aliphatic heterocycles. The van der Waals surface area contributed by atoms with Gasteiger partial charge in [0.15, 0.2) is 0 Å². The summed E-state index contributed by atoms with van der Waals surface area (Å²) in [5.41, 5.74) is 5.70. The number of benzene rings is 1. The number of nitrogens with zero attached hydrogens (tertiary/aromatic N) is 2. The quantitative estimate of drug-likeness (QED) is 0.505. The fourth-order valence-corrected chi connectivity index (χ4v) is 3.99. The topological polar surface area (TPSA) is 70.5 Å². The predicted octanol–water partition coefficient (Wildman–Crippen LogP) is 5.31. The maximum Gasteiger partial charge on any atom is 0.337 e. The summed E-state index contributed by atoms with van der Waals surface area (Å²) in [7, 11) is 1.35. The molecule has 160 valence electrons. The van der Waals surface area contributed by atoms with Crippen LogP contribution >= 0.6 is 0 Å². The third-order valence-corrected chi connectivity index (χ3v) is 5.40. The summed E-state index contributed by atoms with van der Waals surface area (Å²) in [6, 6.07) is 10.6. The average molecular weight is 418 g/mol. The van der Waals surface area contributed by atoms with Crippen molar-refractivity contribution in [3.05, 3.63) is 65.1 Å². The number of carbonyl (C=O) groups is 1. The Morgan fingerprint density at radius 3 is 2.71 bits per heavy atom. The van der Waals surface area contributed by atoms with Crippen LogP contribution in [-0.2, 0) is 17.6 Å². The van der Waals surface area contributed by atoms with Gasteiger partial charge in [0, 0.05) is 40.3 Å². The second-order valence-electron chi connectivity index (χ2n) is 7.47. The zero-order chi connectivity index (χ0) is 21.8. The van der Waals surface area contributed by atoms with Crippen LogP contribution in [0, 0.1) is 6.92 Å². The first kappa shape index (κ1) is 20.8. The number of fused-ring (bicyclic) bond motifs is 1. The predicted molar refractivity (Wildman–Crippen MR) is 118 cm³/mol. The molecule has 0 fully saturated rings. The van der Waals surface area contributed by atoms with Gasteiger partial charge in [0.25, 0.3) is 0 Å². The molecule has 4 rings (SSSR count). The summed E-state index contributed by atoms with van der Waals surface area (Å²) in [6.45, 7) is 4.63. The smallest absolute Gasteiger partial charge is 0.337 e. The zero-order valence-electron chi connectivity index (χ0n) is 18.1. The van der Waals surface area contributed by atoms with E-state index in [0.717, 1.165) is 47.5 Å². The molecule has 1 aromatic carbocycles. The highest BCUT2D eigenvalue weighted by molar-refractivity contribution is 5.89. The van der Waals surface area contributed by atoms with Gasteiger partial charge >= 0.3 is 5.97 Å². The zero-order valence-corrected chi connectivity index (χ0v) is 18.1. The van der Waals surface area contributed by atoms with E-state index in [1.807, 2.05) is 26.0 Å². The first-order valence-corrected chi connectivity index (χ1v) is 10.6. The number of carbonyl (C=O) groups excluding carboxylic acids is 1. The van der Waals surface area contributed by atoms with Gasteiger partial charge in [-0.15, -0.1) is 0 Å². The molecular formula is C25H26N2O4. The molecule has 6 nitrogen and oxygen atoms in total. The number of hydrogen-bond donors (Lipinski definition) is 0. The molecule has 0 saturated heterocycles. The molecule has 0 unspecified atom stereocenters. The van der Waals surface area contributed by atoms with Crippen molar-refractivity contribution in [2.45, 2.75) is 39.5 Å². The van der Waals surface area contributed by atoms with E-state index < -0.39 is 5.97 Å². The number of methoxy groups -OCH3 is 1. The first-order chi connectivity index (χ1) is 15.1. The van der Waals surface area contributed by atoms with Gasteiger partial charge in [-0.25, -0.2) is 9.78 Å². The van der Waals surface area contributed by atoms with Crippen molar-refractivity contribution in [2.24, 2.45) is 0 Å². The van der Waals surface area contributed by atoms with Crippen molar-refractivity contribution in [2.75, 3.05) is 13.7 Å². The Morgan fingerprint density at radius 2 is 1.97 bits per heavy atom. The van der Waals surface area contributed by atoms with Crippen LogP contribution in [-0.4, -0.2) is 29.7 Å². The summed E-state index contributed by atoms with van der Waals surface area (Å²) in [5, 5.41) is 0. The fourth-order valence-electron chi connectivity index (χ4n) is 3.99. The number of rotatable bonds is 6. The molecule has 1 aliphatic carbocycles. The largest absolute Gasteiger partial charge is 0.493 e. The van der Waals surface area contributed by atoms with Crippen LogP contribution in [0.2, 0.25) is 0 Å². The van der Waals surface area contributed by atoms with Crippen LogP contribution in [0.25, 0.3) is 11.1 Å². The van der Waals surface area contributed by atoms with E-state index in [0.29, 0.717) is 23.8 Å². The highest BCUT2D eigenvalue weighted by Gasteiger charge is 2.22. The molecule has 0 N–H and O–H groups in total. The van der Waals surface area contributed by atoms with Crippen molar-refractivity contribution < 1.29 is 19.0 Å². The molecule has 2 aromatic heterocycles. The van der Waals surface area contributed by atoms with Gasteiger partial charge in [0.05, 0.1) is 19.3 Å². The number of pyridine rings is 2. The SMILES string of the molecule is CCOc1c2c(nc(C)c1-c1ccc(Oc3cccc(C(=O)OC)c3)nc1)CCCC2. The minimum atomic E-state index is -0.410. The second kappa shape index (κ2) is 9.16. The van der Waals surface area contributed by atoms with Gasteiger partial charge in [-0.05, 0) is 63.8 Å². The lowest BCUT2D eigenvalue weighted by Crippen LogP contribution is -2.11. The molecule has 0 amide bonds. The van der Waals surface area contributed by atoms with Crippen LogP contribution in [0.1, 0.15) is 47.1 Å². The van der Waals surface area contributed by atoms with Crippen molar-refractivity contribution >= 4 is 5.97 Å². The van der Waals surface area contributed by atoms with Crippen LogP contribution < -0.4 is 9.47 Å². The molecule has 0 radical (unpaired) electrons. The maximum atomic E-state index is 11.7. The summed E-state index contributed by atoms with van der Waals surface area (Å²) in [5.74, 6) is 1.48. The molecule has 0 bridgehead atoms. The Balaban J connectivity index is 1.64. The molecule has 3 aromatic rings. The van der Waals surface area contributed by atoms with E-state index in [1.165, 1.54) is 19.1 Å². The number of aromatic nitrogens is 2. The first-order valence-electron chi connectivity index (χ1n) is 10.6. The number of ether oxygens (including phenoxy) is 3. The summed E-state index contributed by atoms with van der Waals surface area (Å²) in [6.07, 6.45) is 6.12. The molecule has 0 atom stereocenters. The van der Waals surface area contributed by atoms with E-state index in [4.69, 9.17) is 19.2 Å². The highest BCUT2D eigenvalue weighted by atomic mass is 16.5. The molecule has 31 heavy (non-hydrogen) atoms. The van der Waals surface area contributed by atoms with E-state index in [-0.39, 0.29) is 0 Å². The number of aryl methyl sites for hydroxylation is 2. The Morgan fingerprint density at radius 1 is 1.13 bits per heavy atom. The number of hydrogen-bond acceptors (Lipinski definition) is 6. The van der Waals surface area contributed by atoms with E-state index >= 15 is 0 Å². The molecule has 6 heteroatoms. The van der Waals surface area contributed by atoms with E-state index in [2.05, 4.69) is 4.98 Å². The third kappa shape index (κ3) is 4.38. The van der Waals surface area contributed by atoms with Gasteiger partial charge in [-0.1, -0.05) is 6.07 Å². The van der Waals surface area contributed by atoms with Gasteiger partial charge in [-0.3, -0.25) is 4.98 Å². The summed E-state index contributed by atoms with van der Waals surface area (Å²) in [4.78, 5) is 21.1. The second-order valence-corrected chi connectivity index (χ2v) is 7.47. The van der Waals surface area contributed by atoms with E-state index in [1.54, 1.807) is 30.5 Å². The van der Waals surface area contributed by atoms with Crippen molar-refractivity contribution in [3.8, 4) is 28.5 Å². The number of esters is 1. The summed E-state index contributed by atoms with van der Waals surface area (Å²) < 4.78 is 16.7. The lowest BCUT2D eigenvalue weighted by molar-refractivity contribution is 0.0600. The molecule has 0 saturated carbocycles. The van der Waals surface area contributed by atoms with Crippen LogP contribution in [0.3, 0.4) is 0 Å².